The van der Waals surface area contributed by atoms with Crippen molar-refractivity contribution < 1.29 is 9.59 Å². The Hall–Kier alpha value is -2.21. The number of aromatic nitrogens is 1. The molecule has 1 aromatic heterocycles. The molecule has 0 N–H and O–H groups in total. The van der Waals surface area contributed by atoms with Crippen LogP contribution in [0, 0.1) is 19.3 Å². The SMILES string of the molecule is CC(=O)N1[C@@H](Cc2ccccc2)[C@@H]2C[C@@]3(C)[C@H](CCCC[C@@H]13)N2C(=O)c1sc(C)nc1C. The molecule has 1 aliphatic carbocycles. The monoisotopic (exact) mass is 451 g/mol. The highest BCUT2D eigenvalue weighted by atomic mass is 32.1. The van der Waals surface area contributed by atoms with E-state index in [1.807, 2.05) is 19.9 Å². The van der Waals surface area contributed by atoms with E-state index in [0.717, 1.165) is 54.1 Å². The number of carbonyl (C=O) groups is 2. The number of nitrogens with zero attached hydrogens (tertiary/aromatic N) is 3. The predicted octanol–water partition coefficient (Wildman–Crippen LogP) is 4.77. The van der Waals surface area contributed by atoms with Crippen molar-refractivity contribution in [2.75, 3.05) is 0 Å². The fourth-order valence-electron chi connectivity index (χ4n) is 6.94. The fourth-order valence-corrected chi connectivity index (χ4v) is 7.81. The number of likely N-dealkylation sites (tertiary alicyclic amines) is 2. The lowest BCUT2D eigenvalue weighted by Gasteiger charge is -2.50. The van der Waals surface area contributed by atoms with Crippen LogP contribution in [0.2, 0.25) is 0 Å². The van der Waals surface area contributed by atoms with Crippen LogP contribution in [0.15, 0.2) is 30.3 Å². The summed E-state index contributed by atoms with van der Waals surface area (Å²) in [5.41, 5.74) is 2.00. The number of carbonyl (C=O) groups excluding carboxylic acids is 2. The van der Waals surface area contributed by atoms with Crippen molar-refractivity contribution in [2.45, 2.75) is 90.4 Å². The molecular weight excluding hydrogens is 418 g/mol. The van der Waals surface area contributed by atoms with E-state index < -0.39 is 0 Å². The van der Waals surface area contributed by atoms with Gasteiger partial charge in [0.05, 0.1) is 22.8 Å². The van der Waals surface area contributed by atoms with Crippen molar-refractivity contribution in [1.82, 2.24) is 14.8 Å². The highest BCUT2D eigenvalue weighted by molar-refractivity contribution is 7.13. The zero-order valence-corrected chi connectivity index (χ0v) is 20.3. The molecule has 3 aliphatic rings. The van der Waals surface area contributed by atoms with Gasteiger partial charge in [0, 0.05) is 24.4 Å². The first kappa shape index (κ1) is 21.6. The van der Waals surface area contributed by atoms with Crippen LogP contribution in [0.25, 0.3) is 0 Å². The maximum absolute atomic E-state index is 14.0. The summed E-state index contributed by atoms with van der Waals surface area (Å²) in [5.74, 6) is 0.266. The maximum atomic E-state index is 14.0. The summed E-state index contributed by atoms with van der Waals surface area (Å²) in [5, 5.41) is 0.934. The smallest absolute Gasteiger partial charge is 0.266 e. The molecule has 3 heterocycles. The topological polar surface area (TPSA) is 53.5 Å². The molecule has 5 nitrogen and oxygen atoms in total. The number of fused-ring (bicyclic) bond motifs is 1. The van der Waals surface area contributed by atoms with Crippen molar-refractivity contribution in [1.29, 1.82) is 0 Å². The molecule has 1 aromatic carbocycles. The van der Waals surface area contributed by atoms with E-state index in [-0.39, 0.29) is 41.4 Å². The Labute approximate surface area is 194 Å². The first-order chi connectivity index (χ1) is 15.3. The van der Waals surface area contributed by atoms with E-state index in [2.05, 4.69) is 46.0 Å². The minimum absolute atomic E-state index is 0.00866. The largest absolute Gasteiger partial charge is 0.334 e. The molecule has 2 bridgehead atoms. The summed E-state index contributed by atoms with van der Waals surface area (Å²) in [6.45, 7) is 7.97. The minimum atomic E-state index is -0.0523. The molecule has 2 aromatic rings. The van der Waals surface area contributed by atoms with E-state index in [0.29, 0.717) is 0 Å². The Balaban J connectivity index is 1.62. The lowest BCUT2D eigenvalue weighted by atomic mass is 9.69. The highest BCUT2D eigenvalue weighted by Crippen LogP contribution is 2.56. The summed E-state index contributed by atoms with van der Waals surface area (Å²) in [4.78, 5) is 36.8. The second-order valence-electron chi connectivity index (χ2n) is 10.1. The fraction of sp³-hybridized carbons (Fsp3) is 0.577. The number of aryl methyl sites for hydroxylation is 2. The van der Waals surface area contributed by atoms with Gasteiger partial charge < -0.3 is 9.80 Å². The molecule has 0 radical (unpaired) electrons. The molecule has 6 heteroatoms. The summed E-state index contributed by atoms with van der Waals surface area (Å²) in [7, 11) is 0. The molecule has 5 rings (SSSR count). The first-order valence-electron chi connectivity index (χ1n) is 11.9. The second kappa shape index (κ2) is 7.98. The summed E-state index contributed by atoms with van der Waals surface area (Å²) >= 11 is 1.51. The van der Waals surface area contributed by atoms with Crippen LogP contribution >= 0.6 is 11.3 Å². The Morgan fingerprint density at radius 2 is 1.75 bits per heavy atom. The van der Waals surface area contributed by atoms with E-state index in [4.69, 9.17) is 0 Å². The van der Waals surface area contributed by atoms with Crippen molar-refractivity contribution in [3.8, 4) is 0 Å². The van der Waals surface area contributed by atoms with Crippen molar-refractivity contribution >= 4 is 23.2 Å². The average molecular weight is 452 g/mol. The molecule has 0 unspecified atom stereocenters. The molecule has 3 fully saturated rings. The maximum Gasteiger partial charge on any atom is 0.266 e. The zero-order chi connectivity index (χ0) is 22.6. The van der Waals surface area contributed by atoms with Gasteiger partial charge in [0.25, 0.3) is 5.91 Å². The molecule has 2 amide bonds. The molecular formula is C26H33N3O2S. The molecule has 5 atom stereocenters. The van der Waals surface area contributed by atoms with E-state index in [1.165, 1.54) is 16.9 Å². The highest BCUT2D eigenvalue weighted by Gasteiger charge is 2.63. The van der Waals surface area contributed by atoms with Crippen LogP contribution in [0.1, 0.15) is 71.9 Å². The molecule has 170 valence electrons. The number of hydrogen-bond donors (Lipinski definition) is 0. The Morgan fingerprint density at radius 1 is 1.09 bits per heavy atom. The Bertz CT molecular complexity index is 1030. The molecule has 2 saturated heterocycles. The molecule has 0 spiro atoms. The van der Waals surface area contributed by atoms with Gasteiger partial charge in [0.1, 0.15) is 4.88 Å². The van der Waals surface area contributed by atoms with Crippen LogP contribution in [0.5, 0.6) is 0 Å². The van der Waals surface area contributed by atoms with Crippen LogP contribution in [-0.4, -0.2) is 50.8 Å². The number of benzene rings is 1. The molecule has 2 aliphatic heterocycles. The Kier molecular flexibility index (Phi) is 5.39. The zero-order valence-electron chi connectivity index (χ0n) is 19.5. The predicted molar refractivity (Wildman–Crippen MR) is 127 cm³/mol. The quantitative estimate of drug-likeness (QED) is 0.676. The van der Waals surface area contributed by atoms with Gasteiger partial charge in [0.15, 0.2) is 0 Å². The van der Waals surface area contributed by atoms with Crippen molar-refractivity contribution in [3.63, 3.8) is 0 Å². The van der Waals surface area contributed by atoms with Gasteiger partial charge in [-0.05, 0) is 45.1 Å². The van der Waals surface area contributed by atoms with Crippen LogP contribution in [0.4, 0.5) is 0 Å². The molecule has 32 heavy (non-hydrogen) atoms. The number of hydrogen-bond acceptors (Lipinski definition) is 4. The van der Waals surface area contributed by atoms with Gasteiger partial charge >= 0.3 is 0 Å². The summed E-state index contributed by atoms with van der Waals surface area (Å²) in [6.07, 6.45) is 6.05. The second-order valence-corrected chi connectivity index (χ2v) is 11.3. The van der Waals surface area contributed by atoms with E-state index in [1.54, 1.807) is 6.92 Å². The number of piperidine rings is 1. The average Bonchev–Trinajstić information content (AvgIpc) is 3.16. The lowest BCUT2D eigenvalue weighted by molar-refractivity contribution is -0.141. The summed E-state index contributed by atoms with van der Waals surface area (Å²) < 4.78 is 0. The normalized spacial score (nSPS) is 31.5. The van der Waals surface area contributed by atoms with Gasteiger partial charge in [-0.3, -0.25) is 9.59 Å². The van der Waals surface area contributed by atoms with Gasteiger partial charge in [-0.15, -0.1) is 11.3 Å². The van der Waals surface area contributed by atoms with Crippen molar-refractivity contribution in [3.05, 3.63) is 51.5 Å². The van der Waals surface area contributed by atoms with Gasteiger partial charge in [-0.1, -0.05) is 50.1 Å². The number of thiazole rings is 1. The van der Waals surface area contributed by atoms with Crippen LogP contribution < -0.4 is 0 Å². The Morgan fingerprint density at radius 3 is 2.34 bits per heavy atom. The van der Waals surface area contributed by atoms with Crippen LogP contribution in [0.3, 0.4) is 0 Å². The first-order valence-corrected chi connectivity index (χ1v) is 12.7. The van der Waals surface area contributed by atoms with E-state index >= 15 is 0 Å². The van der Waals surface area contributed by atoms with Gasteiger partial charge in [-0.2, -0.15) is 0 Å². The van der Waals surface area contributed by atoms with Crippen molar-refractivity contribution in [2.24, 2.45) is 5.41 Å². The van der Waals surface area contributed by atoms with Crippen LogP contribution in [-0.2, 0) is 11.2 Å². The summed E-state index contributed by atoms with van der Waals surface area (Å²) in [6, 6.07) is 10.9. The van der Waals surface area contributed by atoms with Gasteiger partial charge in [0.2, 0.25) is 5.91 Å². The standard InChI is InChI=1S/C26H33N3O2S/c1-16-24(32-17(2)27-16)25(31)29-21-15-26(4)22(12-8-9-13-23(26)29)28(18(3)30)20(21)14-19-10-6-5-7-11-19/h5-7,10-11,20-23H,8-9,12-15H2,1-4H3/t20-,21-,22+,23-,26+/m0/s1. The number of amides is 2. The number of rotatable bonds is 3. The third-order valence-electron chi connectivity index (χ3n) is 8.19. The minimum Gasteiger partial charge on any atom is -0.334 e. The molecule has 1 saturated carbocycles. The third kappa shape index (κ3) is 3.30. The lowest BCUT2D eigenvalue weighted by Crippen LogP contribution is -2.61. The van der Waals surface area contributed by atoms with Gasteiger partial charge in [-0.25, -0.2) is 4.98 Å². The third-order valence-corrected chi connectivity index (χ3v) is 9.25. The van der Waals surface area contributed by atoms with E-state index in [9.17, 15) is 9.59 Å².